The minimum Gasteiger partial charge on any atom is -0.402 e. The lowest BCUT2D eigenvalue weighted by atomic mass is 10.2. The molecular weight excluding hydrogens is 142 g/mol. The number of nitrogens with two attached hydrogens (primary N) is 1. The zero-order chi connectivity index (χ0) is 7.56. The highest BCUT2D eigenvalue weighted by atomic mass is 32.1. The summed E-state index contributed by atoms with van der Waals surface area (Å²) >= 11 is 1.72. The van der Waals surface area contributed by atoms with Crippen LogP contribution in [0, 0.1) is 0 Å². The first-order valence-corrected chi connectivity index (χ1v) is 4.06. The van der Waals surface area contributed by atoms with Crippen molar-refractivity contribution in [3.8, 4) is 0 Å². The Labute approximate surface area is 65.2 Å². The molecule has 0 bridgehead atoms. The Kier molecular flexibility index (Phi) is 2.12. The van der Waals surface area contributed by atoms with Crippen LogP contribution < -0.4 is 5.73 Å². The molecule has 0 unspecified atom stereocenters. The van der Waals surface area contributed by atoms with E-state index >= 15 is 0 Å². The SMILES string of the molecule is C/C(N)=C(\C)c1cccs1. The van der Waals surface area contributed by atoms with Crippen LogP contribution in [-0.4, -0.2) is 0 Å². The molecule has 0 spiro atoms. The quantitative estimate of drug-likeness (QED) is 0.659. The van der Waals surface area contributed by atoms with Gasteiger partial charge < -0.3 is 5.73 Å². The van der Waals surface area contributed by atoms with Crippen LogP contribution in [0.15, 0.2) is 23.2 Å². The first-order valence-electron chi connectivity index (χ1n) is 3.18. The lowest BCUT2D eigenvalue weighted by Crippen LogP contribution is -1.93. The van der Waals surface area contributed by atoms with Crippen molar-refractivity contribution in [2.45, 2.75) is 13.8 Å². The first-order chi connectivity index (χ1) is 4.72. The Balaban J connectivity index is 2.99. The molecule has 0 radical (unpaired) electrons. The number of allylic oxidation sites excluding steroid dienone is 2. The summed E-state index contributed by atoms with van der Waals surface area (Å²) in [6.45, 7) is 3.97. The summed E-state index contributed by atoms with van der Waals surface area (Å²) in [4.78, 5) is 1.26. The van der Waals surface area contributed by atoms with E-state index in [1.807, 2.05) is 19.9 Å². The van der Waals surface area contributed by atoms with Crippen LogP contribution in [0.1, 0.15) is 18.7 Å². The van der Waals surface area contributed by atoms with Gasteiger partial charge in [0.1, 0.15) is 0 Å². The van der Waals surface area contributed by atoms with Crippen molar-refractivity contribution in [3.63, 3.8) is 0 Å². The van der Waals surface area contributed by atoms with Gasteiger partial charge in [0.25, 0.3) is 0 Å². The van der Waals surface area contributed by atoms with E-state index in [1.165, 1.54) is 10.5 Å². The third-order valence-corrected chi connectivity index (χ3v) is 2.47. The average Bonchev–Trinajstić information content (AvgIpc) is 2.36. The zero-order valence-electron chi connectivity index (χ0n) is 6.22. The smallest absolute Gasteiger partial charge is 0.0316 e. The van der Waals surface area contributed by atoms with Gasteiger partial charge in [-0.3, -0.25) is 0 Å². The van der Waals surface area contributed by atoms with Crippen molar-refractivity contribution in [2.24, 2.45) is 5.73 Å². The van der Waals surface area contributed by atoms with E-state index in [1.54, 1.807) is 11.3 Å². The maximum Gasteiger partial charge on any atom is 0.0316 e. The van der Waals surface area contributed by atoms with Gasteiger partial charge in [0.15, 0.2) is 0 Å². The fraction of sp³-hybridized carbons (Fsp3) is 0.250. The Morgan fingerprint density at radius 1 is 1.50 bits per heavy atom. The molecule has 2 N–H and O–H groups in total. The zero-order valence-corrected chi connectivity index (χ0v) is 7.03. The number of rotatable bonds is 1. The maximum atomic E-state index is 5.61. The van der Waals surface area contributed by atoms with Crippen LogP contribution in [0.2, 0.25) is 0 Å². The number of hydrogen-bond acceptors (Lipinski definition) is 2. The second-order valence-electron chi connectivity index (χ2n) is 2.29. The number of hydrogen-bond donors (Lipinski definition) is 1. The molecule has 0 aliphatic heterocycles. The minimum absolute atomic E-state index is 0.905. The second-order valence-corrected chi connectivity index (χ2v) is 3.23. The van der Waals surface area contributed by atoms with Crippen LogP contribution in [-0.2, 0) is 0 Å². The third kappa shape index (κ3) is 1.39. The maximum absolute atomic E-state index is 5.61. The van der Waals surface area contributed by atoms with Gasteiger partial charge in [-0.25, -0.2) is 0 Å². The molecule has 54 valence electrons. The van der Waals surface area contributed by atoms with E-state index in [0.717, 1.165) is 5.70 Å². The fourth-order valence-electron chi connectivity index (χ4n) is 0.686. The van der Waals surface area contributed by atoms with Gasteiger partial charge in [-0.05, 0) is 30.9 Å². The third-order valence-electron chi connectivity index (χ3n) is 1.48. The summed E-state index contributed by atoms with van der Waals surface area (Å²) in [5, 5.41) is 2.06. The molecule has 0 saturated heterocycles. The van der Waals surface area contributed by atoms with Gasteiger partial charge in [-0.15, -0.1) is 11.3 Å². The fourth-order valence-corrected chi connectivity index (χ4v) is 1.48. The average molecular weight is 153 g/mol. The Hall–Kier alpha value is -0.760. The molecule has 0 fully saturated rings. The van der Waals surface area contributed by atoms with Gasteiger partial charge >= 0.3 is 0 Å². The molecule has 0 aromatic carbocycles. The predicted molar refractivity (Wildman–Crippen MR) is 46.8 cm³/mol. The van der Waals surface area contributed by atoms with Crippen molar-refractivity contribution in [2.75, 3.05) is 0 Å². The van der Waals surface area contributed by atoms with Gasteiger partial charge in [-0.1, -0.05) is 6.07 Å². The van der Waals surface area contributed by atoms with E-state index < -0.39 is 0 Å². The minimum atomic E-state index is 0.905. The summed E-state index contributed by atoms with van der Waals surface area (Å²) in [5.74, 6) is 0. The van der Waals surface area contributed by atoms with Crippen LogP contribution in [0.25, 0.3) is 5.57 Å². The molecule has 0 amide bonds. The topological polar surface area (TPSA) is 26.0 Å². The molecular formula is C8H11NS. The molecule has 1 heterocycles. The Morgan fingerprint density at radius 3 is 2.60 bits per heavy atom. The molecule has 2 heteroatoms. The summed E-state index contributed by atoms with van der Waals surface area (Å²) in [5.41, 5.74) is 7.71. The molecule has 0 aliphatic carbocycles. The van der Waals surface area contributed by atoms with Crippen molar-refractivity contribution in [1.29, 1.82) is 0 Å². The highest BCUT2D eigenvalue weighted by molar-refractivity contribution is 7.11. The predicted octanol–water partition coefficient (Wildman–Crippen LogP) is 2.46. The largest absolute Gasteiger partial charge is 0.402 e. The molecule has 0 atom stereocenters. The summed E-state index contributed by atoms with van der Waals surface area (Å²) in [6.07, 6.45) is 0. The Bertz CT molecular complexity index is 230. The van der Waals surface area contributed by atoms with Crippen molar-refractivity contribution >= 4 is 16.9 Å². The van der Waals surface area contributed by atoms with Crippen molar-refractivity contribution < 1.29 is 0 Å². The molecule has 10 heavy (non-hydrogen) atoms. The highest BCUT2D eigenvalue weighted by Gasteiger charge is 1.96. The van der Waals surface area contributed by atoms with Crippen LogP contribution >= 0.6 is 11.3 Å². The van der Waals surface area contributed by atoms with E-state index in [4.69, 9.17) is 5.73 Å². The standard InChI is InChI=1S/C8H11NS/c1-6(7(2)9)8-4-3-5-10-8/h3-5H,9H2,1-2H3/b7-6-. The van der Waals surface area contributed by atoms with Crippen LogP contribution in [0.3, 0.4) is 0 Å². The second kappa shape index (κ2) is 2.88. The summed E-state index contributed by atoms with van der Waals surface area (Å²) in [7, 11) is 0. The monoisotopic (exact) mass is 153 g/mol. The van der Waals surface area contributed by atoms with E-state index in [-0.39, 0.29) is 0 Å². The summed E-state index contributed by atoms with van der Waals surface area (Å²) < 4.78 is 0. The van der Waals surface area contributed by atoms with Gasteiger partial charge in [0, 0.05) is 10.6 Å². The van der Waals surface area contributed by atoms with Crippen LogP contribution in [0.5, 0.6) is 0 Å². The first kappa shape index (κ1) is 7.35. The molecule has 1 rings (SSSR count). The van der Waals surface area contributed by atoms with Crippen molar-refractivity contribution in [3.05, 3.63) is 28.1 Å². The lowest BCUT2D eigenvalue weighted by Gasteiger charge is -1.97. The Morgan fingerprint density at radius 2 is 2.20 bits per heavy atom. The van der Waals surface area contributed by atoms with Gasteiger partial charge in [-0.2, -0.15) is 0 Å². The lowest BCUT2D eigenvalue weighted by molar-refractivity contribution is 1.31. The van der Waals surface area contributed by atoms with E-state index in [2.05, 4.69) is 11.4 Å². The van der Waals surface area contributed by atoms with Gasteiger partial charge in [0.05, 0.1) is 0 Å². The molecule has 0 aliphatic rings. The van der Waals surface area contributed by atoms with E-state index in [0.29, 0.717) is 0 Å². The molecule has 1 nitrogen and oxygen atoms in total. The molecule has 1 aromatic rings. The molecule has 1 aromatic heterocycles. The number of thiophene rings is 1. The van der Waals surface area contributed by atoms with Crippen molar-refractivity contribution in [1.82, 2.24) is 0 Å². The van der Waals surface area contributed by atoms with Gasteiger partial charge in [0.2, 0.25) is 0 Å². The molecule has 0 saturated carbocycles. The van der Waals surface area contributed by atoms with Crippen LogP contribution in [0.4, 0.5) is 0 Å². The van der Waals surface area contributed by atoms with E-state index in [9.17, 15) is 0 Å². The highest BCUT2D eigenvalue weighted by Crippen LogP contribution is 2.20. The summed E-state index contributed by atoms with van der Waals surface area (Å²) in [6, 6.07) is 4.11. The normalized spacial score (nSPS) is 13.0.